The third-order valence-corrected chi connectivity index (χ3v) is 4.57. The lowest BCUT2D eigenvalue weighted by Crippen LogP contribution is -1.88. The molecule has 0 saturated carbocycles. The highest BCUT2D eigenvalue weighted by Gasteiger charge is 2.15. The molecule has 0 atom stereocenters. The van der Waals surface area contributed by atoms with Crippen molar-refractivity contribution in [2.75, 3.05) is 0 Å². The van der Waals surface area contributed by atoms with Crippen molar-refractivity contribution >= 4 is 23.5 Å². The fraction of sp³-hybridized carbons (Fsp3) is 0. The van der Waals surface area contributed by atoms with Gasteiger partial charge in [0.15, 0.2) is 0 Å². The van der Waals surface area contributed by atoms with E-state index in [4.69, 9.17) is 0 Å². The number of hydrogen-bond donors (Lipinski definition) is 0. The third kappa shape index (κ3) is 1.33. The maximum absolute atomic E-state index is 4.14. The molecular weight excluding hydrogens is 210 g/mol. The Morgan fingerprint density at radius 2 is 1.43 bits per heavy atom. The first kappa shape index (κ1) is 8.38. The van der Waals surface area contributed by atoms with Gasteiger partial charge >= 0.3 is 0 Å². The lowest BCUT2D eigenvalue weighted by Gasteiger charge is -2.16. The summed E-state index contributed by atoms with van der Waals surface area (Å²) in [4.78, 5) is 9.38. The number of pyridine rings is 1. The largest absolute Gasteiger partial charge is 0.263 e. The summed E-state index contributed by atoms with van der Waals surface area (Å²) in [5.74, 6) is 0. The molecule has 14 heavy (non-hydrogen) atoms. The minimum Gasteiger partial charge on any atom is -0.263 e. The number of aromatic nitrogens is 1. The van der Waals surface area contributed by atoms with Gasteiger partial charge in [-0.1, -0.05) is 35.7 Å². The van der Waals surface area contributed by atoms with Crippen LogP contribution in [0.4, 0.5) is 0 Å². The zero-order valence-electron chi connectivity index (χ0n) is 7.31. The molecule has 3 heteroatoms. The lowest BCUT2D eigenvalue weighted by atomic mass is 10.4. The van der Waals surface area contributed by atoms with E-state index in [1.807, 2.05) is 24.2 Å². The molecule has 1 aromatic carbocycles. The van der Waals surface area contributed by atoms with Crippen LogP contribution in [0.5, 0.6) is 0 Å². The predicted octanol–water partition coefficient (Wildman–Crippen LogP) is 3.70. The highest BCUT2D eigenvalue weighted by atomic mass is 32.2. The lowest BCUT2D eigenvalue weighted by molar-refractivity contribution is 1.10. The molecule has 1 aliphatic rings. The highest BCUT2D eigenvalue weighted by Crippen LogP contribution is 2.47. The van der Waals surface area contributed by atoms with Gasteiger partial charge in [-0.2, -0.15) is 0 Å². The van der Waals surface area contributed by atoms with E-state index in [1.165, 1.54) is 19.6 Å². The molecule has 0 bridgehead atoms. The first-order valence-corrected chi connectivity index (χ1v) is 5.95. The Balaban J connectivity index is 2.12. The second kappa shape index (κ2) is 3.33. The van der Waals surface area contributed by atoms with Crippen LogP contribution >= 0.6 is 23.5 Å². The molecule has 0 unspecified atom stereocenters. The number of rotatable bonds is 0. The van der Waals surface area contributed by atoms with Crippen LogP contribution in [0, 0.1) is 0 Å². The smallest absolute Gasteiger partial charge is 0.0445 e. The predicted molar refractivity (Wildman–Crippen MR) is 58.9 cm³/mol. The Morgan fingerprint density at radius 1 is 0.786 bits per heavy atom. The minimum atomic E-state index is 1.26. The van der Waals surface area contributed by atoms with Crippen molar-refractivity contribution in [2.24, 2.45) is 0 Å². The average molecular weight is 217 g/mol. The standard InChI is InChI=1S/C11H7NS2/c1-2-4-9-8(3-1)13-10-5-6-12-7-11(10)14-9/h1-7H. The summed E-state index contributed by atoms with van der Waals surface area (Å²) >= 11 is 3.62. The van der Waals surface area contributed by atoms with Crippen LogP contribution in [-0.2, 0) is 0 Å². The zero-order chi connectivity index (χ0) is 9.38. The fourth-order valence-electron chi connectivity index (χ4n) is 1.38. The van der Waals surface area contributed by atoms with Crippen molar-refractivity contribution in [3.63, 3.8) is 0 Å². The molecule has 0 saturated heterocycles. The third-order valence-electron chi connectivity index (χ3n) is 2.04. The average Bonchev–Trinajstić information content (AvgIpc) is 2.26. The van der Waals surface area contributed by atoms with E-state index in [1.54, 1.807) is 11.8 Å². The summed E-state index contributed by atoms with van der Waals surface area (Å²) in [6, 6.07) is 10.6. The van der Waals surface area contributed by atoms with Crippen LogP contribution < -0.4 is 0 Å². The van der Waals surface area contributed by atoms with Gasteiger partial charge in [0.1, 0.15) is 0 Å². The second-order valence-electron chi connectivity index (χ2n) is 2.97. The van der Waals surface area contributed by atoms with Crippen LogP contribution in [0.3, 0.4) is 0 Å². The summed E-state index contributed by atoms with van der Waals surface area (Å²) in [5, 5.41) is 0. The van der Waals surface area contributed by atoms with Crippen molar-refractivity contribution in [3.05, 3.63) is 42.7 Å². The molecule has 0 fully saturated rings. The Labute approximate surface area is 90.9 Å². The van der Waals surface area contributed by atoms with Crippen molar-refractivity contribution in [2.45, 2.75) is 19.6 Å². The van der Waals surface area contributed by atoms with Gasteiger partial charge in [0.25, 0.3) is 0 Å². The van der Waals surface area contributed by atoms with Crippen molar-refractivity contribution in [1.29, 1.82) is 0 Å². The second-order valence-corrected chi connectivity index (χ2v) is 5.14. The van der Waals surface area contributed by atoms with Crippen LogP contribution in [0.2, 0.25) is 0 Å². The van der Waals surface area contributed by atoms with E-state index in [9.17, 15) is 0 Å². The molecule has 0 amide bonds. The number of hydrogen-bond acceptors (Lipinski definition) is 3. The molecule has 2 aromatic rings. The molecule has 0 radical (unpaired) electrons. The molecule has 0 N–H and O–H groups in total. The molecule has 0 aliphatic carbocycles. The van der Waals surface area contributed by atoms with E-state index in [-0.39, 0.29) is 0 Å². The van der Waals surface area contributed by atoms with Crippen LogP contribution in [0.1, 0.15) is 0 Å². The van der Waals surface area contributed by atoms with Crippen LogP contribution in [0.25, 0.3) is 0 Å². The van der Waals surface area contributed by atoms with Gasteiger partial charge in [0.05, 0.1) is 0 Å². The topological polar surface area (TPSA) is 12.9 Å². The zero-order valence-corrected chi connectivity index (χ0v) is 8.94. The minimum absolute atomic E-state index is 1.26. The van der Waals surface area contributed by atoms with Crippen molar-refractivity contribution < 1.29 is 0 Å². The Hall–Kier alpha value is -0.930. The van der Waals surface area contributed by atoms with Crippen LogP contribution in [0.15, 0.2) is 62.3 Å². The van der Waals surface area contributed by atoms with Crippen molar-refractivity contribution in [3.8, 4) is 0 Å². The summed E-state index contributed by atoms with van der Waals surface area (Å²) in [5.41, 5.74) is 0. The molecule has 68 valence electrons. The van der Waals surface area contributed by atoms with E-state index in [0.29, 0.717) is 0 Å². The molecule has 0 spiro atoms. The van der Waals surface area contributed by atoms with Gasteiger partial charge in [-0.15, -0.1) is 0 Å². The van der Waals surface area contributed by atoms with E-state index in [0.717, 1.165) is 0 Å². The van der Waals surface area contributed by atoms with Crippen LogP contribution in [-0.4, -0.2) is 4.98 Å². The van der Waals surface area contributed by atoms with Gasteiger partial charge in [-0.25, -0.2) is 0 Å². The summed E-state index contributed by atoms with van der Waals surface area (Å²) in [6.45, 7) is 0. The van der Waals surface area contributed by atoms with Gasteiger partial charge in [-0.3, -0.25) is 4.98 Å². The summed E-state index contributed by atoms with van der Waals surface area (Å²) < 4.78 is 0. The van der Waals surface area contributed by atoms with Crippen molar-refractivity contribution in [1.82, 2.24) is 4.98 Å². The Bertz CT molecular complexity index is 395. The normalized spacial score (nSPS) is 13.1. The maximum atomic E-state index is 4.14. The Morgan fingerprint density at radius 3 is 2.21 bits per heavy atom. The van der Waals surface area contributed by atoms with Gasteiger partial charge in [0.2, 0.25) is 0 Å². The number of fused-ring (bicyclic) bond motifs is 2. The SMILES string of the molecule is c1ccc2c(c1)Sc1ccncc1S2. The van der Waals surface area contributed by atoms with E-state index >= 15 is 0 Å². The summed E-state index contributed by atoms with van der Waals surface area (Å²) in [7, 11) is 0. The van der Waals surface area contributed by atoms with Gasteiger partial charge < -0.3 is 0 Å². The quantitative estimate of drug-likeness (QED) is 0.570. The fourth-order valence-corrected chi connectivity index (χ4v) is 3.55. The number of nitrogens with zero attached hydrogens (tertiary/aromatic N) is 1. The molecule has 1 aromatic heterocycles. The molecule has 3 rings (SSSR count). The molecule has 1 nitrogen and oxygen atoms in total. The summed E-state index contributed by atoms with van der Waals surface area (Å²) in [6.07, 6.45) is 3.78. The van der Waals surface area contributed by atoms with E-state index in [2.05, 4.69) is 35.3 Å². The first-order valence-electron chi connectivity index (χ1n) is 4.32. The monoisotopic (exact) mass is 217 g/mol. The first-order chi connectivity index (χ1) is 6.93. The van der Waals surface area contributed by atoms with E-state index < -0.39 is 0 Å². The Kier molecular flexibility index (Phi) is 2.00. The van der Waals surface area contributed by atoms with Gasteiger partial charge in [-0.05, 0) is 18.2 Å². The molecular formula is C11H7NS2. The highest BCUT2D eigenvalue weighted by molar-refractivity contribution is 8.05. The number of benzene rings is 1. The maximum Gasteiger partial charge on any atom is 0.0445 e. The van der Waals surface area contributed by atoms with Gasteiger partial charge in [0, 0.05) is 32.0 Å². The molecule has 2 heterocycles. The molecule has 1 aliphatic heterocycles.